The van der Waals surface area contributed by atoms with E-state index in [1.165, 1.54) is 5.56 Å². The quantitative estimate of drug-likeness (QED) is 0.603. The summed E-state index contributed by atoms with van der Waals surface area (Å²) >= 11 is 0. The van der Waals surface area contributed by atoms with Gasteiger partial charge in [-0.2, -0.15) is 4.98 Å². The molecule has 29 heavy (non-hydrogen) atoms. The first kappa shape index (κ1) is 21.5. The van der Waals surface area contributed by atoms with Crippen LogP contribution in [0.5, 0.6) is 0 Å². The molecule has 0 radical (unpaired) electrons. The van der Waals surface area contributed by atoms with Crippen molar-refractivity contribution in [3.8, 4) is 11.4 Å². The first-order valence-electron chi connectivity index (χ1n) is 10.5. The van der Waals surface area contributed by atoms with Crippen molar-refractivity contribution in [1.29, 1.82) is 0 Å². The van der Waals surface area contributed by atoms with E-state index in [1.54, 1.807) is 0 Å². The minimum atomic E-state index is 0.194. The van der Waals surface area contributed by atoms with E-state index >= 15 is 0 Å². The van der Waals surface area contributed by atoms with Crippen molar-refractivity contribution >= 4 is 5.91 Å². The molecule has 1 amide bonds. The van der Waals surface area contributed by atoms with Gasteiger partial charge in [-0.05, 0) is 18.4 Å². The second kappa shape index (κ2) is 10.5. The molecule has 2 heterocycles. The van der Waals surface area contributed by atoms with Crippen LogP contribution in [0.25, 0.3) is 11.4 Å². The van der Waals surface area contributed by atoms with Crippen LogP contribution in [-0.4, -0.2) is 65.2 Å². The number of amides is 1. The van der Waals surface area contributed by atoms with Crippen LogP contribution in [0.3, 0.4) is 0 Å². The first-order valence-corrected chi connectivity index (χ1v) is 10.5. The summed E-state index contributed by atoms with van der Waals surface area (Å²) in [4.78, 5) is 21.0. The summed E-state index contributed by atoms with van der Waals surface area (Å²) in [6, 6.07) is 8.33. The number of nitrogens with zero attached hydrogens (tertiary/aromatic N) is 4. The van der Waals surface area contributed by atoms with Gasteiger partial charge in [-0.3, -0.25) is 9.69 Å². The van der Waals surface area contributed by atoms with Crippen molar-refractivity contribution < 1.29 is 14.1 Å². The van der Waals surface area contributed by atoms with Gasteiger partial charge in [0.2, 0.25) is 17.6 Å². The lowest BCUT2D eigenvalue weighted by atomic mass is 10.1. The third-order valence-corrected chi connectivity index (χ3v) is 5.06. The van der Waals surface area contributed by atoms with Crippen molar-refractivity contribution in [1.82, 2.24) is 19.9 Å². The SMILES string of the molecule is CCOCCC(=O)N1CCN(Cc2ccc(-c3noc(CC(C)C)n3)cc2)CC1. The molecule has 0 saturated carbocycles. The second-order valence-corrected chi connectivity index (χ2v) is 7.91. The molecule has 1 aliphatic heterocycles. The van der Waals surface area contributed by atoms with E-state index in [2.05, 4.69) is 41.0 Å². The van der Waals surface area contributed by atoms with E-state index in [-0.39, 0.29) is 5.91 Å². The van der Waals surface area contributed by atoms with Crippen molar-refractivity contribution in [2.75, 3.05) is 39.4 Å². The largest absolute Gasteiger partial charge is 0.381 e. The Morgan fingerprint density at radius 2 is 1.90 bits per heavy atom. The van der Waals surface area contributed by atoms with Crippen LogP contribution in [0.15, 0.2) is 28.8 Å². The zero-order valence-electron chi connectivity index (χ0n) is 17.8. The zero-order valence-corrected chi connectivity index (χ0v) is 17.8. The van der Waals surface area contributed by atoms with Crippen molar-refractivity contribution in [3.05, 3.63) is 35.7 Å². The highest BCUT2D eigenvalue weighted by Gasteiger charge is 2.21. The highest BCUT2D eigenvalue weighted by Crippen LogP contribution is 2.19. The number of carbonyl (C=O) groups is 1. The molecule has 158 valence electrons. The molecule has 1 saturated heterocycles. The van der Waals surface area contributed by atoms with Gasteiger partial charge in [-0.25, -0.2) is 0 Å². The van der Waals surface area contributed by atoms with E-state index in [0.717, 1.165) is 44.7 Å². The number of aromatic nitrogens is 2. The molecule has 0 unspecified atom stereocenters. The van der Waals surface area contributed by atoms with E-state index in [4.69, 9.17) is 9.26 Å². The standard InChI is InChI=1S/C22H32N4O3/c1-4-28-14-9-21(27)26-12-10-25(11-13-26)16-18-5-7-19(8-6-18)22-23-20(29-24-22)15-17(2)3/h5-8,17H,4,9-16H2,1-3H3. The minimum absolute atomic E-state index is 0.194. The van der Waals surface area contributed by atoms with E-state index in [0.29, 0.717) is 37.3 Å². The lowest BCUT2D eigenvalue weighted by Crippen LogP contribution is -2.48. The Morgan fingerprint density at radius 3 is 2.55 bits per heavy atom. The summed E-state index contributed by atoms with van der Waals surface area (Å²) in [6.07, 6.45) is 1.27. The fourth-order valence-corrected chi connectivity index (χ4v) is 3.44. The Morgan fingerprint density at radius 1 is 1.17 bits per heavy atom. The maximum absolute atomic E-state index is 12.2. The molecule has 0 aliphatic carbocycles. The van der Waals surface area contributed by atoms with E-state index in [9.17, 15) is 4.79 Å². The molecule has 0 spiro atoms. The maximum Gasteiger partial charge on any atom is 0.227 e. The van der Waals surface area contributed by atoms with Gasteiger partial charge in [0.1, 0.15) is 0 Å². The summed E-state index contributed by atoms with van der Waals surface area (Å²) in [7, 11) is 0. The Labute approximate surface area is 173 Å². The van der Waals surface area contributed by atoms with Crippen LogP contribution in [0.4, 0.5) is 0 Å². The van der Waals surface area contributed by atoms with Crippen molar-refractivity contribution in [2.24, 2.45) is 5.92 Å². The highest BCUT2D eigenvalue weighted by molar-refractivity contribution is 5.76. The number of piperazine rings is 1. The van der Waals surface area contributed by atoms with Crippen LogP contribution in [0, 0.1) is 5.92 Å². The summed E-state index contributed by atoms with van der Waals surface area (Å²) in [5, 5.41) is 4.09. The predicted molar refractivity (Wildman–Crippen MR) is 111 cm³/mol. The van der Waals surface area contributed by atoms with Gasteiger partial charge in [-0.1, -0.05) is 43.3 Å². The molecule has 1 aromatic heterocycles. The fourth-order valence-electron chi connectivity index (χ4n) is 3.44. The molecule has 0 N–H and O–H groups in total. The van der Waals surface area contributed by atoms with Gasteiger partial charge < -0.3 is 14.2 Å². The minimum Gasteiger partial charge on any atom is -0.381 e. The zero-order chi connectivity index (χ0) is 20.6. The van der Waals surface area contributed by atoms with E-state index in [1.807, 2.05) is 24.0 Å². The Kier molecular flexibility index (Phi) is 7.77. The number of rotatable bonds is 9. The molecule has 7 heteroatoms. The Hall–Kier alpha value is -2.25. The number of ether oxygens (including phenoxy) is 1. The third kappa shape index (κ3) is 6.37. The van der Waals surface area contributed by atoms with Gasteiger partial charge in [0, 0.05) is 51.3 Å². The van der Waals surface area contributed by atoms with Crippen LogP contribution >= 0.6 is 0 Å². The van der Waals surface area contributed by atoms with Gasteiger partial charge >= 0.3 is 0 Å². The van der Waals surface area contributed by atoms with Crippen molar-refractivity contribution in [2.45, 2.75) is 40.2 Å². The predicted octanol–water partition coefficient (Wildman–Crippen LogP) is 3.01. The summed E-state index contributed by atoms with van der Waals surface area (Å²) < 4.78 is 10.6. The molecule has 7 nitrogen and oxygen atoms in total. The van der Waals surface area contributed by atoms with Crippen LogP contribution in [-0.2, 0) is 22.5 Å². The second-order valence-electron chi connectivity index (χ2n) is 7.91. The molecule has 2 aromatic rings. The Balaban J connectivity index is 1.47. The molecular formula is C22H32N4O3. The highest BCUT2D eigenvalue weighted by atomic mass is 16.5. The van der Waals surface area contributed by atoms with Crippen LogP contribution in [0.1, 0.15) is 38.6 Å². The fraction of sp³-hybridized carbons (Fsp3) is 0.591. The summed E-state index contributed by atoms with van der Waals surface area (Å²) in [6.45, 7) is 11.6. The lowest BCUT2D eigenvalue weighted by Gasteiger charge is -2.34. The monoisotopic (exact) mass is 400 g/mol. The van der Waals surface area contributed by atoms with Gasteiger partial charge in [-0.15, -0.1) is 0 Å². The molecule has 0 bridgehead atoms. The first-order chi connectivity index (χ1) is 14.0. The maximum atomic E-state index is 12.2. The number of carbonyl (C=O) groups excluding carboxylic acids is 1. The molecule has 1 aliphatic rings. The average Bonchev–Trinajstić information content (AvgIpc) is 3.17. The van der Waals surface area contributed by atoms with Crippen LogP contribution in [0.2, 0.25) is 0 Å². The topological polar surface area (TPSA) is 71.7 Å². The van der Waals surface area contributed by atoms with Crippen LogP contribution < -0.4 is 0 Å². The lowest BCUT2D eigenvalue weighted by molar-refractivity contribution is -0.134. The number of hydrogen-bond donors (Lipinski definition) is 0. The van der Waals surface area contributed by atoms with E-state index < -0.39 is 0 Å². The number of benzene rings is 1. The number of hydrogen-bond acceptors (Lipinski definition) is 6. The molecule has 3 rings (SSSR count). The normalized spacial score (nSPS) is 15.2. The smallest absolute Gasteiger partial charge is 0.227 e. The van der Waals surface area contributed by atoms with Crippen molar-refractivity contribution in [3.63, 3.8) is 0 Å². The van der Waals surface area contributed by atoms with Gasteiger partial charge in [0.15, 0.2) is 0 Å². The van der Waals surface area contributed by atoms with Gasteiger partial charge in [0.05, 0.1) is 13.0 Å². The van der Waals surface area contributed by atoms with Gasteiger partial charge in [0.25, 0.3) is 0 Å². The molecule has 0 atom stereocenters. The average molecular weight is 401 g/mol. The Bertz CT molecular complexity index is 765. The molecule has 1 aromatic carbocycles. The summed E-state index contributed by atoms with van der Waals surface area (Å²) in [5.74, 6) is 2.02. The summed E-state index contributed by atoms with van der Waals surface area (Å²) in [5.41, 5.74) is 2.22. The third-order valence-electron chi connectivity index (χ3n) is 5.06. The molecule has 1 fully saturated rings. The molecular weight excluding hydrogens is 368 g/mol.